The zero-order valence-corrected chi connectivity index (χ0v) is 15.5. The van der Waals surface area contributed by atoms with Crippen LogP contribution >= 0.6 is 19.4 Å². The number of halogens is 3. The standard InChI is InChI=1S/C13H17ClF2N3O6P/c1-6(2)24-26(21)22-5-13(4-14)9(25-26)8(16)11(23-13)19-3-7(15)10(17)18-12(19)20/h3,6,8-9,11H,4-5H2,1-2H3,(H2,17,18,20)/t8-,9-,11+,13+,26?/m0/s1. The summed E-state index contributed by atoms with van der Waals surface area (Å²) in [5, 5.41) is 0. The smallest absolute Gasteiger partial charge is 0.381 e. The van der Waals surface area contributed by atoms with Gasteiger partial charge in [0.1, 0.15) is 11.7 Å². The van der Waals surface area contributed by atoms with E-state index in [2.05, 4.69) is 4.98 Å². The molecule has 1 unspecified atom stereocenters. The van der Waals surface area contributed by atoms with Gasteiger partial charge in [0.05, 0.1) is 24.8 Å². The van der Waals surface area contributed by atoms with E-state index in [0.717, 1.165) is 0 Å². The van der Waals surface area contributed by atoms with E-state index < -0.39 is 62.0 Å². The Morgan fingerprint density at radius 3 is 2.92 bits per heavy atom. The number of rotatable bonds is 4. The fourth-order valence-corrected chi connectivity index (χ4v) is 4.69. The van der Waals surface area contributed by atoms with Crippen molar-refractivity contribution in [2.24, 2.45) is 0 Å². The van der Waals surface area contributed by atoms with Gasteiger partial charge in [0, 0.05) is 0 Å². The highest BCUT2D eigenvalue weighted by atomic mass is 35.5. The van der Waals surface area contributed by atoms with Crippen molar-refractivity contribution in [2.45, 2.75) is 44.1 Å². The molecule has 1 aromatic rings. The van der Waals surface area contributed by atoms with Crippen LogP contribution in [0.2, 0.25) is 0 Å². The highest BCUT2D eigenvalue weighted by Crippen LogP contribution is 2.60. The maximum Gasteiger partial charge on any atom is 0.475 e. The molecule has 2 fully saturated rings. The van der Waals surface area contributed by atoms with E-state index >= 15 is 4.39 Å². The largest absolute Gasteiger partial charge is 0.475 e. The van der Waals surface area contributed by atoms with Gasteiger partial charge in [-0.15, -0.1) is 11.6 Å². The van der Waals surface area contributed by atoms with E-state index in [-0.39, 0.29) is 5.88 Å². The summed E-state index contributed by atoms with van der Waals surface area (Å²) in [5.74, 6) is -1.95. The van der Waals surface area contributed by atoms with Gasteiger partial charge in [0.15, 0.2) is 24.0 Å². The highest BCUT2D eigenvalue weighted by molar-refractivity contribution is 7.48. The maximum absolute atomic E-state index is 15.1. The molecule has 146 valence electrons. The molecule has 0 spiro atoms. The molecule has 26 heavy (non-hydrogen) atoms. The first-order chi connectivity index (χ1) is 12.1. The molecule has 0 saturated carbocycles. The number of anilines is 1. The summed E-state index contributed by atoms with van der Waals surface area (Å²) in [4.78, 5) is 15.2. The summed E-state index contributed by atoms with van der Waals surface area (Å²) in [6.07, 6.45) is -4.95. The molecule has 2 aliphatic rings. The van der Waals surface area contributed by atoms with Crippen LogP contribution in [-0.4, -0.2) is 46.0 Å². The molecule has 2 saturated heterocycles. The lowest BCUT2D eigenvalue weighted by atomic mass is 9.99. The Labute approximate surface area is 151 Å². The molecule has 0 aliphatic carbocycles. The van der Waals surface area contributed by atoms with E-state index in [1.54, 1.807) is 13.8 Å². The zero-order chi connectivity index (χ0) is 19.3. The maximum atomic E-state index is 15.1. The SMILES string of the molecule is CC(C)OP1(=O)OC[C@@]2(CCl)O[C@@H](n3cc(F)c(N)nc3=O)[C@@H](F)[C@@H]2O1. The van der Waals surface area contributed by atoms with Gasteiger partial charge < -0.3 is 10.5 Å². The average molecular weight is 416 g/mol. The summed E-state index contributed by atoms with van der Waals surface area (Å²) < 4.78 is 62.9. The quantitative estimate of drug-likeness (QED) is 0.584. The first-order valence-electron chi connectivity index (χ1n) is 7.64. The summed E-state index contributed by atoms with van der Waals surface area (Å²) >= 11 is 5.91. The van der Waals surface area contributed by atoms with E-state index in [4.69, 9.17) is 35.6 Å². The van der Waals surface area contributed by atoms with Crippen LogP contribution in [0.4, 0.5) is 14.6 Å². The van der Waals surface area contributed by atoms with Crippen molar-refractivity contribution in [3.8, 4) is 0 Å². The van der Waals surface area contributed by atoms with Gasteiger partial charge in [-0.05, 0) is 13.8 Å². The van der Waals surface area contributed by atoms with Crippen molar-refractivity contribution in [3.63, 3.8) is 0 Å². The normalized spacial score (nSPS) is 37.1. The molecule has 0 amide bonds. The predicted molar refractivity (Wildman–Crippen MR) is 86.0 cm³/mol. The summed E-state index contributed by atoms with van der Waals surface area (Å²) in [6, 6.07) is 0. The summed E-state index contributed by atoms with van der Waals surface area (Å²) in [7, 11) is -4.06. The van der Waals surface area contributed by atoms with Crippen LogP contribution in [0.15, 0.2) is 11.0 Å². The molecule has 1 aromatic heterocycles. The van der Waals surface area contributed by atoms with Crippen LogP contribution in [0.25, 0.3) is 0 Å². The number of nitrogen functional groups attached to an aromatic ring is 1. The average Bonchev–Trinajstić information content (AvgIpc) is 2.83. The van der Waals surface area contributed by atoms with E-state index in [1.807, 2.05) is 0 Å². The fourth-order valence-electron chi connectivity index (χ4n) is 2.75. The van der Waals surface area contributed by atoms with Crippen molar-refractivity contribution in [3.05, 3.63) is 22.5 Å². The number of hydrogen-bond donors (Lipinski definition) is 1. The minimum Gasteiger partial charge on any atom is -0.381 e. The Bertz CT molecular complexity index is 811. The topological polar surface area (TPSA) is 115 Å². The van der Waals surface area contributed by atoms with Gasteiger partial charge in [-0.2, -0.15) is 4.98 Å². The molecule has 2 aliphatic heterocycles. The van der Waals surface area contributed by atoms with Gasteiger partial charge in [-0.3, -0.25) is 18.1 Å². The molecule has 0 aromatic carbocycles. The first-order valence-corrected chi connectivity index (χ1v) is 9.64. The monoisotopic (exact) mass is 415 g/mol. The third kappa shape index (κ3) is 3.28. The number of hydrogen-bond acceptors (Lipinski definition) is 8. The first kappa shape index (κ1) is 19.7. The van der Waals surface area contributed by atoms with E-state index in [0.29, 0.717) is 10.8 Å². The van der Waals surface area contributed by atoms with Crippen molar-refractivity contribution >= 4 is 25.2 Å². The molecule has 0 bridgehead atoms. The number of ether oxygens (including phenoxy) is 1. The van der Waals surface area contributed by atoms with Crippen LogP contribution in [-0.2, 0) is 22.9 Å². The van der Waals surface area contributed by atoms with Crippen molar-refractivity contribution in [1.82, 2.24) is 9.55 Å². The Morgan fingerprint density at radius 1 is 1.62 bits per heavy atom. The van der Waals surface area contributed by atoms with Gasteiger partial charge in [0.25, 0.3) is 0 Å². The van der Waals surface area contributed by atoms with Gasteiger partial charge in [0.2, 0.25) is 0 Å². The molecular formula is C13H17ClF2N3O6P. The second-order valence-electron chi connectivity index (χ2n) is 6.22. The van der Waals surface area contributed by atoms with Crippen LogP contribution in [0.3, 0.4) is 0 Å². The Morgan fingerprint density at radius 2 is 2.31 bits per heavy atom. The van der Waals surface area contributed by atoms with Crippen molar-refractivity contribution in [1.29, 1.82) is 0 Å². The molecule has 2 N–H and O–H groups in total. The molecule has 3 rings (SSSR count). The third-order valence-corrected chi connectivity index (χ3v) is 5.98. The number of fused-ring (bicyclic) bond motifs is 1. The minimum atomic E-state index is -4.06. The zero-order valence-electron chi connectivity index (χ0n) is 13.8. The number of aromatic nitrogens is 2. The molecule has 13 heteroatoms. The van der Waals surface area contributed by atoms with Crippen LogP contribution < -0.4 is 11.4 Å². The molecule has 3 heterocycles. The number of alkyl halides is 2. The second-order valence-corrected chi connectivity index (χ2v) is 8.06. The Balaban J connectivity index is 1.96. The Hall–Kier alpha value is -1.10. The number of phosphoric acid groups is 1. The van der Waals surface area contributed by atoms with Crippen molar-refractivity contribution in [2.75, 3.05) is 18.2 Å². The molecule has 5 atom stereocenters. The van der Waals surface area contributed by atoms with Gasteiger partial charge in [-0.25, -0.2) is 18.1 Å². The molecule has 0 radical (unpaired) electrons. The number of phosphoric ester groups is 1. The number of nitrogens with zero attached hydrogens (tertiary/aromatic N) is 2. The van der Waals surface area contributed by atoms with Gasteiger partial charge in [-0.1, -0.05) is 0 Å². The summed E-state index contributed by atoms with van der Waals surface area (Å²) in [6.45, 7) is 2.79. The fraction of sp³-hybridized carbons (Fsp3) is 0.692. The highest BCUT2D eigenvalue weighted by Gasteiger charge is 2.63. The van der Waals surface area contributed by atoms with Crippen LogP contribution in [0.1, 0.15) is 20.1 Å². The lowest BCUT2D eigenvalue weighted by molar-refractivity contribution is -0.136. The molecular weight excluding hydrogens is 399 g/mol. The number of nitrogens with two attached hydrogens (primary N) is 1. The third-order valence-electron chi connectivity index (χ3n) is 3.92. The van der Waals surface area contributed by atoms with Crippen LogP contribution in [0.5, 0.6) is 0 Å². The summed E-state index contributed by atoms with van der Waals surface area (Å²) in [5.41, 5.74) is 2.65. The predicted octanol–water partition coefficient (Wildman–Crippen LogP) is 1.76. The lowest BCUT2D eigenvalue weighted by Gasteiger charge is -2.38. The van der Waals surface area contributed by atoms with Crippen molar-refractivity contribution < 1.29 is 31.7 Å². The van der Waals surface area contributed by atoms with E-state index in [9.17, 15) is 13.8 Å². The molecule has 9 nitrogen and oxygen atoms in total. The van der Waals surface area contributed by atoms with E-state index in [1.165, 1.54) is 0 Å². The van der Waals surface area contributed by atoms with Crippen LogP contribution in [0, 0.1) is 5.82 Å². The second kappa shape index (κ2) is 6.81. The minimum absolute atomic E-state index is 0.296. The Kier molecular flexibility index (Phi) is 5.15. The lowest BCUT2D eigenvalue weighted by Crippen LogP contribution is -2.52. The van der Waals surface area contributed by atoms with Gasteiger partial charge >= 0.3 is 13.5 Å².